The van der Waals surface area contributed by atoms with Crippen LogP contribution < -0.4 is 0 Å². The molecule has 1 aromatic carbocycles. The number of benzene rings is 1. The minimum Gasteiger partial charge on any atom is -0.465 e. The topological polar surface area (TPSA) is 50.1 Å². The standard InChI is InChI=1S/C11H8BrF2NO2/c1-17-11(16)9-2-6(4-12)8(10(13)14)3-7(9)5-15/h2-3,10H,4H2,1H3. The molecule has 0 atom stereocenters. The van der Waals surface area contributed by atoms with E-state index in [0.29, 0.717) is 0 Å². The molecule has 17 heavy (non-hydrogen) atoms. The van der Waals surface area contributed by atoms with Gasteiger partial charge < -0.3 is 4.74 Å². The average Bonchev–Trinajstić information content (AvgIpc) is 2.35. The van der Waals surface area contributed by atoms with Crippen molar-refractivity contribution in [1.82, 2.24) is 0 Å². The fourth-order valence-electron chi connectivity index (χ4n) is 1.35. The molecule has 0 heterocycles. The third-order valence-electron chi connectivity index (χ3n) is 2.18. The van der Waals surface area contributed by atoms with E-state index in [1.54, 1.807) is 6.07 Å². The van der Waals surface area contributed by atoms with Crippen molar-refractivity contribution >= 4 is 21.9 Å². The highest BCUT2D eigenvalue weighted by atomic mass is 79.9. The smallest absolute Gasteiger partial charge is 0.339 e. The van der Waals surface area contributed by atoms with Gasteiger partial charge in [-0.3, -0.25) is 0 Å². The first-order valence-corrected chi connectivity index (χ1v) is 5.66. The Hall–Kier alpha value is -1.48. The normalized spacial score (nSPS) is 10.1. The molecule has 6 heteroatoms. The first kappa shape index (κ1) is 13.6. The SMILES string of the molecule is COC(=O)c1cc(CBr)c(C(F)F)cc1C#N. The first-order valence-electron chi connectivity index (χ1n) is 4.54. The summed E-state index contributed by atoms with van der Waals surface area (Å²) in [7, 11) is 1.16. The molecule has 0 aliphatic rings. The van der Waals surface area contributed by atoms with E-state index in [1.165, 1.54) is 6.07 Å². The Labute approximate surface area is 105 Å². The largest absolute Gasteiger partial charge is 0.465 e. The Morgan fingerprint density at radius 2 is 2.24 bits per heavy atom. The predicted octanol–water partition coefficient (Wildman–Crippen LogP) is 3.18. The van der Waals surface area contributed by atoms with Crippen molar-refractivity contribution in [2.24, 2.45) is 0 Å². The number of carbonyl (C=O) groups is 1. The lowest BCUT2D eigenvalue weighted by Crippen LogP contribution is -2.07. The third-order valence-corrected chi connectivity index (χ3v) is 2.79. The van der Waals surface area contributed by atoms with E-state index < -0.39 is 12.4 Å². The van der Waals surface area contributed by atoms with E-state index in [2.05, 4.69) is 20.7 Å². The minimum absolute atomic E-state index is 0.00569. The molecule has 0 spiro atoms. The molecule has 3 nitrogen and oxygen atoms in total. The summed E-state index contributed by atoms with van der Waals surface area (Å²) >= 11 is 3.06. The van der Waals surface area contributed by atoms with E-state index in [4.69, 9.17) is 5.26 Å². The van der Waals surface area contributed by atoms with Gasteiger partial charge in [0.15, 0.2) is 0 Å². The minimum atomic E-state index is -2.69. The molecular formula is C11H8BrF2NO2. The number of rotatable bonds is 3. The molecule has 0 N–H and O–H groups in total. The number of hydrogen-bond donors (Lipinski definition) is 0. The number of nitriles is 1. The van der Waals surface area contributed by atoms with Crippen LogP contribution in [0.1, 0.15) is 33.5 Å². The van der Waals surface area contributed by atoms with E-state index in [9.17, 15) is 13.6 Å². The second kappa shape index (κ2) is 5.73. The van der Waals surface area contributed by atoms with Crippen LogP contribution in [0.5, 0.6) is 0 Å². The highest BCUT2D eigenvalue weighted by Crippen LogP contribution is 2.28. The van der Waals surface area contributed by atoms with E-state index >= 15 is 0 Å². The zero-order valence-electron chi connectivity index (χ0n) is 8.84. The number of alkyl halides is 3. The molecule has 0 radical (unpaired) electrons. The Kier molecular flexibility index (Phi) is 4.58. The Bertz CT molecular complexity index is 483. The maximum absolute atomic E-state index is 12.7. The van der Waals surface area contributed by atoms with E-state index in [1.807, 2.05) is 0 Å². The van der Waals surface area contributed by atoms with Crippen LogP contribution in [0.3, 0.4) is 0 Å². The fraction of sp³-hybridized carbons (Fsp3) is 0.273. The van der Waals surface area contributed by atoms with Crippen LogP contribution in [-0.4, -0.2) is 13.1 Å². The van der Waals surface area contributed by atoms with Crippen molar-refractivity contribution in [1.29, 1.82) is 5.26 Å². The fourth-order valence-corrected chi connectivity index (χ4v) is 1.84. The second-order valence-corrected chi connectivity index (χ2v) is 3.70. The lowest BCUT2D eigenvalue weighted by molar-refractivity contribution is 0.0600. The molecule has 1 aromatic rings. The van der Waals surface area contributed by atoms with Gasteiger partial charge in [0.2, 0.25) is 0 Å². The molecule has 90 valence electrons. The van der Waals surface area contributed by atoms with Crippen molar-refractivity contribution < 1.29 is 18.3 Å². The predicted molar refractivity (Wildman–Crippen MR) is 60.1 cm³/mol. The molecule has 0 bridgehead atoms. The van der Waals surface area contributed by atoms with Gasteiger partial charge in [0.25, 0.3) is 6.43 Å². The quantitative estimate of drug-likeness (QED) is 0.636. The van der Waals surface area contributed by atoms with Gasteiger partial charge in [0.1, 0.15) is 6.07 Å². The summed E-state index contributed by atoms with van der Waals surface area (Å²) < 4.78 is 29.9. The highest BCUT2D eigenvalue weighted by molar-refractivity contribution is 9.08. The Morgan fingerprint density at radius 1 is 1.59 bits per heavy atom. The molecule has 0 aliphatic carbocycles. The summed E-state index contributed by atoms with van der Waals surface area (Å²) in [4.78, 5) is 11.4. The lowest BCUT2D eigenvalue weighted by atomic mass is 10.00. The van der Waals surface area contributed by atoms with E-state index in [-0.39, 0.29) is 27.6 Å². The van der Waals surface area contributed by atoms with Crippen LogP contribution >= 0.6 is 15.9 Å². The molecule has 1 rings (SSSR count). The maximum atomic E-state index is 12.7. The Morgan fingerprint density at radius 3 is 2.65 bits per heavy atom. The number of methoxy groups -OCH3 is 1. The van der Waals surface area contributed by atoms with Gasteiger partial charge in [0, 0.05) is 10.9 Å². The highest BCUT2D eigenvalue weighted by Gasteiger charge is 2.19. The van der Waals surface area contributed by atoms with Crippen LogP contribution in [0.15, 0.2) is 12.1 Å². The summed E-state index contributed by atoms with van der Waals surface area (Å²) in [5.41, 5.74) is -0.115. The zero-order chi connectivity index (χ0) is 13.0. The van der Waals surface area contributed by atoms with Crippen molar-refractivity contribution in [3.8, 4) is 6.07 Å². The van der Waals surface area contributed by atoms with Crippen molar-refractivity contribution in [2.75, 3.05) is 7.11 Å². The molecule has 0 unspecified atom stereocenters. The monoisotopic (exact) mass is 303 g/mol. The first-order chi connectivity index (χ1) is 8.04. The van der Waals surface area contributed by atoms with Gasteiger partial charge in [-0.25, -0.2) is 13.6 Å². The van der Waals surface area contributed by atoms with Crippen LogP contribution in [-0.2, 0) is 10.1 Å². The molecule has 0 saturated carbocycles. The van der Waals surface area contributed by atoms with Crippen LogP contribution in [0.4, 0.5) is 8.78 Å². The number of esters is 1. The van der Waals surface area contributed by atoms with E-state index in [0.717, 1.165) is 13.2 Å². The lowest BCUT2D eigenvalue weighted by Gasteiger charge is -2.10. The Balaban J connectivity index is 3.44. The zero-order valence-corrected chi connectivity index (χ0v) is 10.4. The van der Waals surface area contributed by atoms with Gasteiger partial charge in [0.05, 0.1) is 18.2 Å². The summed E-state index contributed by atoms with van der Waals surface area (Å²) in [6, 6.07) is 3.98. The van der Waals surface area contributed by atoms with Crippen molar-refractivity contribution in [3.63, 3.8) is 0 Å². The van der Waals surface area contributed by atoms with Crippen molar-refractivity contribution in [2.45, 2.75) is 11.8 Å². The van der Waals surface area contributed by atoms with Gasteiger partial charge in [-0.1, -0.05) is 15.9 Å². The van der Waals surface area contributed by atoms with Crippen LogP contribution in [0.2, 0.25) is 0 Å². The number of halogens is 3. The average molecular weight is 304 g/mol. The third kappa shape index (κ3) is 2.80. The summed E-state index contributed by atoms with van der Waals surface area (Å²) in [5, 5.41) is 8.99. The molecule has 0 saturated heterocycles. The number of nitrogens with zero attached hydrogens (tertiary/aromatic N) is 1. The van der Waals surface area contributed by atoms with Gasteiger partial charge in [-0.2, -0.15) is 5.26 Å². The summed E-state index contributed by atoms with van der Waals surface area (Å²) in [5.74, 6) is -0.718. The number of ether oxygens (including phenoxy) is 1. The van der Waals surface area contributed by atoms with Crippen LogP contribution in [0.25, 0.3) is 0 Å². The summed E-state index contributed by atoms with van der Waals surface area (Å²) in [6.07, 6.45) is -2.69. The number of hydrogen-bond acceptors (Lipinski definition) is 3. The van der Waals surface area contributed by atoms with Crippen molar-refractivity contribution in [3.05, 3.63) is 34.4 Å². The summed E-state index contributed by atoms with van der Waals surface area (Å²) in [6.45, 7) is 0. The molecule has 0 fully saturated rings. The second-order valence-electron chi connectivity index (χ2n) is 3.13. The maximum Gasteiger partial charge on any atom is 0.339 e. The molecule has 0 aliphatic heterocycles. The number of carbonyl (C=O) groups excluding carboxylic acids is 1. The molecular weight excluding hydrogens is 296 g/mol. The molecule has 0 amide bonds. The molecule has 0 aromatic heterocycles. The van der Waals surface area contributed by atoms with Gasteiger partial charge >= 0.3 is 5.97 Å². The van der Waals surface area contributed by atoms with Gasteiger partial charge in [-0.05, 0) is 17.7 Å². The van der Waals surface area contributed by atoms with Gasteiger partial charge in [-0.15, -0.1) is 0 Å². The van der Waals surface area contributed by atoms with Crippen LogP contribution in [0, 0.1) is 11.3 Å².